The number of para-hydroxylation sites is 3. The highest BCUT2D eigenvalue weighted by atomic mass is 19.1. The Morgan fingerprint density at radius 1 is 0.600 bits per heavy atom. The van der Waals surface area contributed by atoms with Gasteiger partial charge in [0.15, 0.2) is 0 Å². The van der Waals surface area contributed by atoms with E-state index in [0.717, 1.165) is 91.2 Å². The van der Waals surface area contributed by atoms with Gasteiger partial charge in [0.25, 0.3) is 0 Å². The third-order valence-electron chi connectivity index (χ3n) is 12.7. The lowest BCUT2D eigenvalue weighted by molar-refractivity contribution is 0.483. The zero-order chi connectivity index (χ0) is 44.9. The first kappa shape index (κ1) is 41.7. The SMILES string of the molecule is CCCc1ccnc(-n2c3ccccc3c3ccc(Oc4cc(-c5cccc(C)c5)cc(N5CN(c6c(C(C)C)cc(-c7c(F)cccc7F)cc6C(C)C)c6ccccc65)c4)cc32)c1. The predicted molar refractivity (Wildman–Crippen MR) is 265 cm³/mol. The fourth-order valence-electron chi connectivity index (χ4n) is 9.63. The maximum atomic E-state index is 15.4. The first-order valence-electron chi connectivity index (χ1n) is 22.7. The van der Waals surface area contributed by atoms with Crippen LogP contribution in [0.4, 0.5) is 31.5 Å². The van der Waals surface area contributed by atoms with Gasteiger partial charge < -0.3 is 14.5 Å². The molecule has 10 rings (SSSR count). The van der Waals surface area contributed by atoms with Gasteiger partial charge in [0.1, 0.15) is 35.6 Å². The lowest BCUT2D eigenvalue weighted by Crippen LogP contribution is -2.26. The third-order valence-corrected chi connectivity index (χ3v) is 12.7. The molecule has 3 heterocycles. The van der Waals surface area contributed by atoms with Crippen molar-refractivity contribution in [2.24, 2.45) is 0 Å². The number of anilines is 4. The van der Waals surface area contributed by atoms with Crippen LogP contribution in [0.15, 0.2) is 158 Å². The van der Waals surface area contributed by atoms with Gasteiger partial charge in [0.2, 0.25) is 0 Å². The third kappa shape index (κ3) is 7.69. The van der Waals surface area contributed by atoms with Gasteiger partial charge in [-0.2, -0.15) is 0 Å². The van der Waals surface area contributed by atoms with E-state index < -0.39 is 11.6 Å². The summed E-state index contributed by atoms with van der Waals surface area (Å²) in [4.78, 5) is 9.59. The molecule has 0 unspecified atom stereocenters. The smallest absolute Gasteiger partial charge is 0.137 e. The molecule has 0 radical (unpaired) electrons. The van der Waals surface area contributed by atoms with E-state index in [-0.39, 0.29) is 17.4 Å². The second-order valence-corrected chi connectivity index (χ2v) is 17.9. The number of pyridine rings is 1. The summed E-state index contributed by atoms with van der Waals surface area (Å²) in [6, 6.07) is 50.7. The van der Waals surface area contributed by atoms with Crippen molar-refractivity contribution in [3.8, 4) is 39.6 Å². The minimum absolute atomic E-state index is 0.00486. The van der Waals surface area contributed by atoms with Crippen molar-refractivity contribution in [2.45, 2.75) is 66.2 Å². The number of hydrogen-bond acceptors (Lipinski definition) is 4. The highest BCUT2D eigenvalue weighted by Gasteiger charge is 2.33. The number of aryl methyl sites for hydroxylation is 2. The van der Waals surface area contributed by atoms with Gasteiger partial charge in [-0.1, -0.05) is 107 Å². The highest BCUT2D eigenvalue weighted by molar-refractivity contribution is 6.09. The number of fused-ring (bicyclic) bond motifs is 4. The monoisotopic (exact) mass is 858 g/mol. The molecule has 0 atom stereocenters. The summed E-state index contributed by atoms with van der Waals surface area (Å²) in [5.74, 6) is 1.31. The van der Waals surface area contributed by atoms with E-state index in [1.165, 1.54) is 29.3 Å². The van der Waals surface area contributed by atoms with Crippen LogP contribution in [-0.4, -0.2) is 16.2 Å². The van der Waals surface area contributed by atoms with Gasteiger partial charge in [-0.3, -0.25) is 4.57 Å². The molecular weight excluding hydrogens is 807 g/mol. The van der Waals surface area contributed by atoms with Crippen molar-refractivity contribution >= 4 is 44.6 Å². The van der Waals surface area contributed by atoms with Crippen LogP contribution in [0, 0.1) is 18.6 Å². The van der Waals surface area contributed by atoms with E-state index in [1.807, 2.05) is 18.3 Å². The zero-order valence-corrected chi connectivity index (χ0v) is 37.7. The number of rotatable bonds is 11. The number of halogens is 2. The van der Waals surface area contributed by atoms with Crippen LogP contribution < -0.4 is 14.5 Å². The molecule has 9 aromatic rings. The molecular formula is C58H52F2N4O. The van der Waals surface area contributed by atoms with Gasteiger partial charge >= 0.3 is 0 Å². The molecule has 1 aliphatic heterocycles. The van der Waals surface area contributed by atoms with E-state index >= 15 is 8.78 Å². The molecule has 7 aromatic carbocycles. The Balaban J connectivity index is 1.10. The Morgan fingerprint density at radius 3 is 2.02 bits per heavy atom. The minimum atomic E-state index is -0.567. The molecule has 5 nitrogen and oxygen atoms in total. The molecule has 65 heavy (non-hydrogen) atoms. The van der Waals surface area contributed by atoms with Gasteiger partial charge in [-0.25, -0.2) is 13.8 Å². The Morgan fingerprint density at radius 2 is 1.29 bits per heavy atom. The van der Waals surface area contributed by atoms with Crippen LogP contribution >= 0.6 is 0 Å². The van der Waals surface area contributed by atoms with E-state index in [0.29, 0.717) is 18.0 Å². The normalized spacial score (nSPS) is 12.6. The largest absolute Gasteiger partial charge is 0.457 e. The summed E-state index contributed by atoms with van der Waals surface area (Å²) in [5, 5.41) is 2.29. The average molecular weight is 859 g/mol. The molecule has 0 saturated carbocycles. The van der Waals surface area contributed by atoms with Crippen LogP contribution in [0.25, 0.3) is 49.9 Å². The summed E-state index contributed by atoms with van der Waals surface area (Å²) in [6.45, 7) is 13.4. The van der Waals surface area contributed by atoms with Crippen molar-refractivity contribution in [3.63, 3.8) is 0 Å². The molecule has 1 aliphatic rings. The van der Waals surface area contributed by atoms with Gasteiger partial charge in [0, 0.05) is 40.5 Å². The number of ether oxygens (including phenoxy) is 1. The molecule has 0 aliphatic carbocycles. The van der Waals surface area contributed by atoms with Gasteiger partial charge in [0.05, 0.1) is 28.0 Å². The Kier molecular flexibility index (Phi) is 10.9. The van der Waals surface area contributed by atoms with E-state index in [9.17, 15) is 0 Å². The molecule has 0 bridgehead atoms. The molecule has 0 saturated heterocycles. The molecule has 2 aromatic heterocycles. The molecule has 324 valence electrons. The summed E-state index contributed by atoms with van der Waals surface area (Å²) in [6.07, 6.45) is 3.96. The molecule has 0 N–H and O–H groups in total. The lowest BCUT2D eigenvalue weighted by Gasteiger charge is -2.30. The second kappa shape index (κ2) is 17.0. The van der Waals surface area contributed by atoms with Crippen LogP contribution in [0.5, 0.6) is 11.5 Å². The van der Waals surface area contributed by atoms with Crippen LogP contribution in [0.3, 0.4) is 0 Å². The Bertz CT molecular complexity index is 3210. The minimum Gasteiger partial charge on any atom is -0.457 e. The summed E-state index contributed by atoms with van der Waals surface area (Å²) in [7, 11) is 0. The Hall–Kier alpha value is -7.25. The number of aromatic nitrogens is 2. The molecule has 0 amide bonds. The first-order chi connectivity index (χ1) is 31.6. The lowest BCUT2D eigenvalue weighted by atomic mass is 9.87. The second-order valence-electron chi connectivity index (χ2n) is 17.9. The molecule has 0 spiro atoms. The number of benzene rings is 7. The van der Waals surface area contributed by atoms with E-state index in [4.69, 9.17) is 9.72 Å². The maximum absolute atomic E-state index is 15.4. The predicted octanol–water partition coefficient (Wildman–Crippen LogP) is 16.3. The van der Waals surface area contributed by atoms with Crippen molar-refractivity contribution in [1.29, 1.82) is 0 Å². The van der Waals surface area contributed by atoms with Gasteiger partial charge in [-0.05, 0) is 137 Å². The fraction of sp³-hybridized carbons (Fsp3) is 0.190. The van der Waals surface area contributed by atoms with Crippen LogP contribution in [-0.2, 0) is 6.42 Å². The van der Waals surface area contributed by atoms with Crippen molar-refractivity contribution < 1.29 is 13.5 Å². The van der Waals surface area contributed by atoms with Crippen LogP contribution in [0.2, 0.25) is 0 Å². The van der Waals surface area contributed by atoms with E-state index in [1.54, 1.807) is 0 Å². The van der Waals surface area contributed by atoms with E-state index in [2.05, 4.69) is 177 Å². The zero-order valence-electron chi connectivity index (χ0n) is 37.7. The summed E-state index contributed by atoms with van der Waals surface area (Å²) >= 11 is 0. The summed E-state index contributed by atoms with van der Waals surface area (Å²) in [5.41, 5.74) is 13.4. The topological polar surface area (TPSA) is 33.5 Å². The van der Waals surface area contributed by atoms with Crippen molar-refractivity contribution in [3.05, 3.63) is 192 Å². The Labute approximate surface area is 380 Å². The van der Waals surface area contributed by atoms with Crippen LogP contribution in [0.1, 0.15) is 75.1 Å². The van der Waals surface area contributed by atoms with Gasteiger partial charge in [-0.15, -0.1) is 0 Å². The van der Waals surface area contributed by atoms with Crippen molar-refractivity contribution in [2.75, 3.05) is 16.5 Å². The first-order valence-corrected chi connectivity index (χ1v) is 22.7. The standard InChI is InChI=1S/C58H52F2N4O/c1-7-14-39-25-26-61-56(28-39)64-52-20-9-8-17-46(52)47-24-23-44(34-55(47)64)65-45-30-41(40-16-12-15-38(6)27-40)29-43(33-45)62-35-63(54-22-11-10-21-53(54)62)58-48(36(2)3)31-42(32-49(58)37(4)5)57-50(59)18-13-19-51(57)60/h8-13,15-34,36-37H,7,14,35H2,1-6H3. The maximum Gasteiger partial charge on any atom is 0.137 e. The molecule has 0 fully saturated rings. The van der Waals surface area contributed by atoms with Crippen molar-refractivity contribution in [1.82, 2.24) is 9.55 Å². The average Bonchev–Trinajstić information content (AvgIpc) is 3.85. The quantitative estimate of drug-likeness (QED) is 0.130. The highest BCUT2D eigenvalue weighted by Crippen LogP contribution is 2.50. The number of hydrogen-bond donors (Lipinski definition) is 0. The number of nitrogens with zero attached hydrogens (tertiary/aromatic N) is 4. The molecule has 7 heteroatoms. The fourth-order valence-corrected chi connectivity index (χ4v) is 9.63. The summed E-state index contributed by atoms with van der Waals surface area (Å²) < 4.78 is 39.9.